The van der Waals surface area contributed by atoms with Crippen molar-refractivity contribution in [3.63, 3.8) is 0 Å². The van der Waals surface area contributed by atoms with E-state index in [1.807, 2.05) is 6.07 Å². The summed E-state index contributed by atoms with van der Waals surface area (Å²) >= 11 is 5.86. The van der Waals surface area contributed by atoms with E-state index < -0.39 is 5.82 Å². The van der Waals surface area contributed by atoms with Crippen molar-refractivity contribution in [2.75, 3.05) is 0 Å². The van der Waals surface area contributed by atoms with Crippen molar-refractivity contribution in [1.29, 1.82) is 5.26 Å². The van der Waals surface area contributed by atoms with E-state index in [9.17, 15) is 4.39 Å². The van der Waals surface area contributed by atoms with Gasteiger partial charge in [-0.25, -0.2) is 4.39 Å². The molecule has 0 unspecified atom stereocenters. The van der Waals surface area contributed by atoms with Crippen molar-refractivity contribution in [2.24, 2.45) is 0 Å². The number of aromatic nitrogens is 2. The van der Waals surface area contributed by atoms with Gasteiger partial charge in [-0.15, -0.1) is 0 Å². The molecule has 0 aliphatic rings. The summed E-state index contributed by atoms with van der Waals surface area (Å²) in [6, 6.07) is 6.27. The van der Waals surface area contributed by atoms with Crippen molar-refractivity contribution in [2.45, 2.75) is 13.5 Å². The van der Waals surface area contributed by atoms with Crippen LogP contribution in [0.5, 0.6) is 0 Å². The summed E-state index contributed by atoms with van der Waals surface area (Å²) in [5, 5.41) is 13.3. The van der Waals surface area contributed by atoms with Crippen molar-refractivity contribution in [3.8, 4) is 6.07 Å². The van der Waals surface area contributed by atoms with Crippen molar-refractivity contribution in [1.82, 2.24) is 9.78 Å². The fraction of sp³-hybridized carbons (Fsp3) is 0.167. The van der Waals surface area contributed by atoms with Crippen LogP contribution in [0.15, 0.2) is 24.4 Å². The number of rotatable bonds is 2. The highest BCUT2D eigenvalue weighted by Gasteiger charge is 2.07. The number of aryl methyl sites for hydroxylation is 1. The molecule has 0 spiro atoms. The lowest BCUT2D eigenvalue weighted by Crippen LogP contribution is -2.03. The van der Waals surface area contributed by atoms with Gasteiger partial charge in [-0.3, -0.25) is 4.68 Å². The Balaban J connectivity index is 2.28. The predicted octanol–water partition coefficient (Wildman–Crippen LogP) is 2.90. The molecule has 0 N–H and O–H groups in total. The number of halogens is 2. The average Bonchev–Trinajstić information content (AvgIpc) is 2.61. The summed E-state index contributed by atoms with van der Waals surface area (Å²) in [6.07, 6.45) is 1.65. The molecule has 1 heterocycles. The first-order valence-electron chi connectivity index (χ1n) is 4.98. The molecule has 0 amide bonds. The molecule has 2 aromatic rings. The van der Waals surface area contributed by atoms with E-state index in [0.717, 1.165) is 0 Å². The number of hydrogen-bond acceptors (Lipinski definition) is 2. The third-order valence-electron chi connectivity index (χ3n) is 2.40. The minimum absolute atomic E-state index is 0.297. The Labute approximate surface area is 103 Å². The fourth-order valence-electron chi connectivity index (χ4n) is 1.49. The van der Waals surface area contributed by atoms with Crippen LogP contribution in [0.4, 0.5) is 4.39 Å². The van der Waals surface area contributed by atoms with Gasteiger partial charge >= 0.3 is 0 Å². The second-order valence-corrected chi connectivity index (χ2v) is 4.09. The molecule has 17 heavy (non-hydrogen) atoms. The summed E-state index contributed by atoms with van der Waals surface area (Å²) in [5.41, 5.74) is 1.49. The molecule has 0 radical (unpaired) electrons. The lowest BCUT2D eigenvalue weighted by atomic mass is 10.1. The van der Waals surface area contributed by atoms with Gasteiger partial charge < -0.3 is 0 Å². The summed E-state index contributed by atoms with van der Waals surface area (Å²) in [5.74, 6) is -0.409. The normalized spacial score (nSPS) is 10.2. The first-order chi connectivity index (χ1) is 8.10. The van der Waals surface area contributed by atoms with Crippen LogP contribution in [-0.2, 0) is 6.54 Å². The maximum Gasteiger partial charge on any atom is 0.129 e. The van der Waals surface area contributed by atoms with Gasteiger partial charge in [0.15, 0.2) is 0 Å². The quantitative estimate of drug-likeness (QED) is 0.821. The molecule has 1 aromatic heterocycles. The molecule has 0 atom stereocenters. The second kappa shape index (κ2) is 4.56. The van der Waals surface area contributed by atoms with E-state index in [0.29, 0.717) is 28.4 Å². The van der Waals surface area contributed by atoms with E-state index >= 15 is 0 Å². The van der Waals surface area contributed by atoms with Crippen molar-refractivity contribution >= 4 is 11.6 Å². The fourth-order valence-corrected chi connectivity index (χ4v) is 1.64. The second-order valence-electron chi connectivity index (χ2n) is 3.68. The highest BCUT2D eigenvalue weighted by molar-refractivity contribution is 6.31. The van der Waals surface area contributed by atoms with E-state index in [-0.39, 0.29) is 0 Å². The van der Waals surface area contributed by atoms with Crippen LogP contribution in [0.25, 0.3) is 0 Å². The average molecular weight is 250 g/mol. The van der Waals surface area contributed by atoms with Crippen molar-refractivity contribution in [3.05, 3.63) is 52.1 Å². The molecule has 0 saturated carbocycles. The van der Waals surface area contributed by atoms with Gasteiger partial charge in [-0.1, -0.05) is 17.7 Å². The van der Waals surface area contributed by atoms with E-state index in [1.165, 1.54) is 6.07 Å². The first-order valence-corrected chi connectivity index (χ1v) is 5.36. The van der Waals surface area contributed by atoms with Crippen LogP contribution >= 0.6 is 11.6 Å². The number of benzene rings is 1. The highest BCUT2D eigenvalue weighted by atomic mass is 35.5. The first kappa shape index (κ1) is 11.6. The van der Waals surface area contributed by atoms with Gasteiger partial charge in [0.2, 0.25) is 0 Å². The van der Waals surface area contributed by atoms with Gasteiger partial charge in [0.05, 0.1) is 28.9 Å². The molecule has 0 saturated heterocycles. The standard InChI is InChI=1S/C12H9ClFN3/c1-8-11(13)7-17(16-8)6-10-3-2-9(5-15)4-12(10)14/h2-4,7H,6H2,1H3. The van der Waals surface area contributed by atoms with Crippen LogP contribution in [0, 0.1) is 24.1 Å². The van der Waals surface area contributed by atoms with E-state index in [2.05, 4.69) is 5.10 Å². The number of nitriles is 1. The lowest BCUT2D eigenvalue weighted by molar-refractivity contribution is 0.583. The van der Waals surface area contributed by atoms with Crippen LogP contribution in [-0.4, -0.2) is 9.78 Å². The largest absolute Gasteiger partial charge is 0.266 e. The highest BCUT2D eigenvalue weighted by Crippen LogP contribution is 2.15. The Morgan fingerprint density at radius 3 is 2.82 bits per heavy atom. The number of hydrogen-bond donors (Lipinski definition) is 0. The van der Waals surface area contributed by atoms with Gasteiger partial charge in [-0.2, -0.15) is 10.4 Å². The molecule has 0 fully saturated rings. The molecule has 0 aliphatic heterocycles. The van der Waals surface area contributed by atoms with Crippen LogP contribution < -0.4 is 0 Å². The molecule has 0 aliphatic carbocycles. The zero-order valence-corrected chi connectivity index (χ0v) is 9.87. The Hall–Kier alpha value is -1.86. The minimum atomic E-state index is -0.409. The van der Waals surface area contributed by atoms with Gasteiger partial charge in [-0.05, 0) is 19.1 Å². The monoisotopic (exact) mass is 249 g/mol. The maximum atomic E-state index is 13.6. The Bertz CT molecular complexity index is 579. The van der Waals surface area contributed by atoms with Gasteiger partial charge in [0, 0.05) is 11.8 Å². The molecule has 86 valence electrons. The smallest absolute Gasteiger partial charge is 0.129 e. The summed E-state index contributed by atoms with van der Waals surface area (Å²) in [4.78, 5) is 0. The van der Waals surface area contributed by atoms with Gasteiger partial charge in [0.1, 0.15) is 5.82 Å². The minimum Gasteiger partial charge on any atom is -0.266 e. The van der Waals surface area contributed by atoms with E-state index in [1.54, 1.807) is 29.9 Å². The van der Waals surface area contributed by atoms with Gasteiger partial charge in [0.25, 0.3) is 0 Å². The summed E-state index contributed by atoms with van der Waals surface area (Å²) < 4.78 is 15.2. The maximum absolute atomic E-state index is 13.6. The third-order valence-corrected chi connectivity index (χ3v) is 2.77. The predicted molar refractivity (Wildman–Crippen MR) is 62.2 cm³/mol. The Morgan fingerprint density at radius 1 is 1.53 bits per heavy atom. The topological polar surface area (TPSA) is 41.6 Å². The summed E-state index contributed by atoms with van der Waals surface area (Å²) in [6.45, 7) is 2.08. The lowest BCUT2D eigenvalue weighted by Gasteiger charge is -2.03. The summed E-state index contributed by atoms with van der Waals surface area (Å²) in [7, 11) is 0. The zero-order valence-electron chi connectivity index (χ0n) is 9.11. The van der Waals surface area contributed by atoms with Crippen molar-refractivity contribution < 1.29 is 4.39 Å². The Kier molecular flexibility index (Phi) is 3.12. The SMILES string of the molecule is Cc1nn(Cc2ccc(C#N)cc2F)cc1Cl. The van der Waals surface area contributed by atoms with E-state index in [4.69, 9.17) is 16.9 Å². The Morgan fingerprint density at radius 2 is 2.29 bits per heavy atom. The molecular weight excluding hydrogens is 241 g/mol. The molecule has 5 heteroatoms. The molecular formula is C12H9ClFN3. The molecule has 2 rings (SSSR count). The zero-order chi connectivity index (χ0) is 12.4. The van der Waals surface area contributed by atoms with Crippen LogP contribution in [0.3, 0.4) is 0 Å². The molecule has 1 aromatic carbocycles. The third kappa shape index (κ3) is 2.45. The number of nitrogens with zero attached hydrogens (tertiary/aromatic N) is 3. The molecule has 3 nitrogen and oxygen atoms in total. The van der Waals surface area contributed by atoms with Crippen LogP contribution in [0.1, 0.15) is 16.8 Å². The van der Waals surface area contributed by atoms with Crippen LogP contribution in [0.2, 0.25) is 5.02 Å². The molecule has 0 bridgehead atoms.